The van der Waals surface area contributed by atoms with E-state index in [9.17, 15) is 0 Å². The second-order valence-corrected chi connectivity index (χ2v) is 11.2. The fraction of sp³-hybridized carbons (Fsp3) is 1.00. The Morgan fingerprint density at radius 1 is 0.789 bits per heavy atom. The van der Waals surface area contributed by atoms with Crippen molar-refractivity contribution in [2.75, 3.05) is 14.2 Å². The van der Waals surface area contributed by atoms with E-state index in [4.69, 9.17) is 32.1 Å². The first-order valence-corrected chi connectivity index (χ1v) is 10.3. The van der Waals surface area contributed by atoms with Gasteiger partial charge in [-0.2, -0.15) is 0 Å². The van der Waals surface area contributed by atoms with Gasteiger partial charge in [-0.3, -0.25) is 0 Å². The van der Waals surface area contributed by atoms with Crippen LogP contribution in [0.4, 0.5) is 0 Å². The minimum atomic E-state index is -2.16. The van der Waals surface area contributed by atoms with Crippen molar-refractivity contribution in [1.82, 2.24) is 0 Å². The fourth-order valence-corrected chi connectivity index (χ4v) is 9.33. The van der Waals surface area contributed by atoms with Gasteiger partial charge >= 0.3 is 8.56 Å². The quantitative estimate of drug-likeness (QED) is 0.545. The van der Waals surface area contributed by atoms with Gasteiger partial charge in [-0.15, -0.1) is 23.2 Å². The Balaban J connectivity index is 2.11. The van der Waals surface area contributed by atoms with E-state index in [1.807, 2.05) is 14.2 Å². The summed E-state index contributed by atoms with van der Waals surface area (Å²) in [4.78, 5) is 0. The van der Waals surface area contributed by atoms with Gasteiger partial charge in [-0.05, 0) is 44.9 Å². The van der Waals surface area contributed by atoms with Crippen molar-refractivity contribution in [2.24, 2.45) is 0 Å². The third kappa shape index (κ3) is 3.49. The summed E-state index contributed by atoms with van der Waals surface area (Å²) < 4.78 is 12.1. The van der Waals surface area contributed by atoms with Crippen LogP contribution in [0.3, 0.4) is 0 Å². The summed E-state index contributed by atoms with van der Waals surface area (Å²) in [5.74, 6) is 0. The van der Waals surface area contributed by atoms with Gasteiger partial charge in [0, 0.05) is 36.1 Å². The summed E-state index contributed by atoms with van der Waals surface area (Å²) in [7, 11) is 1.54. The van der Waals surface area contributed by atoms with E-state index in [0.29, 0.717) is 21.8 Å². The summed E-state index contributed by atoms with van der Waals surface area (Å²) in [5, 5.41) is 0.657. The molecule has 2 atom stereocenters. The summed E-state index contributed by atoms with van der Waals surface area (Å²) in [6.07, 6.45) is 9.16. The molecule has 19 heavy (non-hydrogen) atoms. The highest BCUT2D eigenvalue weighted by Crippen LogP contribution is 2.49. The van der Waals surface area contributed by atoms with Crippen LogP contribution in [-0.4, -0.2) is 33.5 Å². The van der Waals surface area contributed by atoms with E-state index < -0.39 is 8.56 Å². The third-order valence-corrected chi connectivity index (χ3v) is 10.5. The Kier molecular flexibility index (Phi) is 6.03. The first-order valence-electron chi connectivity index (χ1n) is 7.50. The van der Waals surface area contributed by atoms with E-state index in [2.05, 4.69) is 0 Å². The van der Waals surface area contributed by atoms with Gasteiger partial charge in [0.25, 0.3) is 0 Å². The zero-order chi connectivity index (χ0) is 13.9. The van der Waals surface area contributed by atoms with Crippen LogP contribution in [0, 0.1) is 0 Å². The van der Waals surface area contributed by atoms with Gasteiger partial charge in [-0.25, -0.2) is 0 Å². The molecule has 112 valence electrons. The Morgan fingerprint density at radius 2 is 1.42 bits per heavy atom. The Bertz CT molecular complexity index is 279. The minimum absolute atomic E-state index is 0.306. The van der Waals surface area contributed by atoms with Crippen molar-refractivity contribution in [1.29, 1.82) is 0 Å². The van der Waals surface area contributed by atoms with Gasteiger partial charge in [0.2, 0.25) is 0 Å². The molecule has 5 heteroatoms. The zero-order valence-corrected chi connectivity index (χ0v) is 14.6. The van der Waals surface area contributed by atoms with Crippen LogP contribution in [-0.2, 0) is 8.85 Å². The van der Waals surface area contributed by atoms with Gasteiger partial charge < -0.3 is 8.85 Å². The average Bonchev–Trinajstić information content (AvgIpc) is 2.43. The van der Waals surface area contributed by atoms with Crippen LogP contribution in [0.5, 0.6) is 0 Å². The topological polar surface area (TPSA) is 18.5 Å². The molecule has 2 rings (SSSR count). The molecule has 0 spiro atoms. The number of hydrogen-bond donors (Lipinski definition) is 0. The summed E-state index contributed by atoms with van der Waals surface area (Å²) in [5.41, 5.74) is 1.14. The lowest BCUT2D eigenvalue weighted by Crippen LogP contribution is -2.52. The first kappa shape index (κ1) is 16.1. The van der Waals surface area contributed by atoms with Crippen LogP contribution in [0.1, 0.15) is 51.4 Å². The molecule has 0 N–H and O–H groups in total. The van der Waals surface area contributed by atoms with Crippen molar-refractivity contribution in [3.8, 4) is 0 Å². The first-order chi connectivity index (χ1) is 9.12. The molecule has 0 aromatic heterocycles. The molecule has 0 amide bonds. The Labute approximate surface area is 128 Å². The lowest BCUT2D eigenvalue weighted by atomic mass is 9.99. The van der Waals surface area contributed by atoms with Gasteiger partial charge in [0.05, 0.1) is 0 Å². The number of hydrogen-bond acceptors (Lipinski definition) is 2. The number of halogens is 2. The molecular formula is C14H26Cl2O2Si. The molecule has 0 heterocycles. The van der Waals surface area contributed by atoms with Gasteiger partial charge in [0.15, 0.2) is 0 Å². The number of rotatable bonds is 4. The lowest BCUT2D eigenvalue weighted by Gasteiger charge is -2.45. The van der Waals surface area contributed by atoms with Crippen LogP contribution in [0.15, 0.2) is 0 Å². The molecule has 0 aromatic carbocycles. The molecule has 0 bridgehead atoms. The van der Waals surface area contributed by atoms with Crippen molar-refractivity contribution in [3.05, 3.63) is 0 Å². The van der Waals surface area contributed by atoms with Crippen LogP contribution in [0.2, 0.25) is 11.1 Å². The summed E-state index contributed by atoms with van der Waals surface area (Å²) >= 11 is 12.6. The van der Waals surface area contributed by atoms with E-state index in [-0.39, 0.29) is 0 Å². The molecule has 0 aromatic rings. The molecular weight excluding hydrogens is 299 g/mol. The monoisotopic (exact) mass is 324 g/mol. The highest BCUT2D eigenvalue weighted by molar-refractivity contribution is 6.70. The minimum Gasteiger partial charge on any atom is -0.397 e. The molecule has 2 aliphatic carbocycles. The molecule has 2 aliphatic rings. The highest BCUT2D eigenvalue weighted by atomic mass is 35.5. The predicted octanol–water partition coefficient (Wildman–Crippen LogP) is 4.82. The highest BCUT2D eigenvalue weighted by Gasteiger charge is 2.52. The second kappa shape index (κ2) is 7.12. The Hall–Kier alpha value is 0.717. The maximum absolute atomic E-state index is 6.38. The van der Waals surface area contributed by atoms with E-state index in [1.165, 1.54) is 12.8 Å². The molecule has 2 fully saturated rings. The van der Waals surface area contributed by atoms with Crippen molar-refractivity contribution in [3.63, 3.8) is 0 Å². The van der Waals surface area contributed by atoms with Crippen molar-refractivity contribution in [2.45, 2.75) is 73.2 Å². The lowest BCUT2D eigenvalue weighted by molar-refractivity contribution is 0.194. The fourth-order valence-electron chi connectivity index (χ4n) is 4.03. The maximum Gasteiger partial charge on any atom is 0.344 e. The Morgan fingerprint density at radius 3 is 1.95 bits per heavy atom. The number of alkyl halides is 2. The van der Waals surface area contributed by atoms with E-state index in [1.54, 1.807) is 0 Å². The zero-order valence-electron chi connectivity index (χ0n) is 12.0. The van der Waals surface area contributed by atoms with E-state index >= 15 is 0 Å². The largest absolute Gasteiger partial charge is 0.397 e. The average molecular weight is 325 g/mol. The van der Waals surface area contributed by atoms with Crippen LogP contribution >= 0.6 is 23.2 Å². The normalized spacial score (nSPS) is 37.3. The molecule has 0 saturated heterocycles. The predicted molar refractivity (Wildman–Crippen MR) is 83.5 cm³/mol. The molecule has 2 unspecified atom stereocenters. The molecule has 2 saturated carbocycles. The summed E-state index contributed by atoms with van der Waals surface area (Å²) in [6.45, 7) is 0. The van der Waals surface area contributed by atoms with Gasteiger partial charge in [0.1, 0.15) is 0 Å². The van der Waals surface area contributed by atoms with Crippen molar-refractivity contribution < 1.29 is 8.85 Å². The smallest absolute Gasteiger partial charge is 0.344 e. The van der Waals surface area contributed by atoms with Crippen LogP contribution in [0.25, 0.3) is 0 Å². The van der Waals surface area contributed by atoms with Crippen molar-refractivity contribution >= 4 is 31.8 Å². The molecule has 0 radical (unpaired) electrons. The SMILES string of the molecule is CO[Si](OC)(C1CCC(Cl)CC1)C1CCCC(Cl)C1. The molecule has 2 nitrogen and oxygen atoms in total. The second-order valence-electron chi connectivity index (χ2n) is 6.04. The van der Waals surface area contributed by atoms with Gasteiger partial charge in [-0.1, -0.05) is 6.42 Å². The van der Waals surface area contributed by atoms with Crippen LogP contribution < -0.4 is 0 Å². The summed E-state index contributed by atoms with van der Waals surface area (Å²) in [6, 6.07) is 0. The third-order valence-electron chi connectivity index (χ3n) is 5.04. The standard InChI is InChI=1S/C14H26Cl2O2Si/c1-17-19(18-2,13-8-6-11(15)7-9-13)14-5-3-4-12(16)10-14/h11-14H,3-10H2,1-2H3. The van der Waals surface area contributed by atoms with E-state index in [0.717, 1.165) is 38.5 Å². The molecule has 0 aliphatic heterocycles. The maximum atomic E-state index is 6.38.